The average Bonchev–Trinajstić information content (AvgIpc) is 3.72. The summed E-state index contributed by atoms with van der Waals surface area (Å²) >= 11 is 6.92. The zero-order valence-electron chi connectivity index (χ0n) is 24.8. The first-order valence-electron chi connectivity index (χ1n) is 14.2. The first-order valence-corrected chi connectivity index (χ1v) is 14.6. The number of carbonyl (C=O) groups excluding carboxylic acids is 2. The second-order valence-corrected chi connectivity index (χ2v) is 10.6. The molecule has 18 heteroatoms. The molecule has 1 amide bonds. The van der Waals surface area contributed by atoms with Gasteiger partial charge in [-0.15, -0.1) is 5.10 Å². The second-order valence-electron chi connectivity index (χ2n) is 10.2. The number of aromatic amines is 1. The summed E-state index contributed by atoms with van der Waals surface area (Å²) in [6.07, 6.45) is 3.44. The Kier molecular flexibility index (Phi) is 9.65. The number of imidazole rings is 2. The molecule has 1 saturated heterocycles. The van der Waals surface area contributed by atoms with Gasteiger partial charge in [0.1, 0.15) is 18.2 Å². The molecule has 17 nitrogen and oxygen atoms in total. The van der Waals surface area contributed by atoms with Gasteiger partial charge in [0.2, 0.25) is 5.95 Å². The van der Waals surface area contributed by atoms with Crippen LogP contribution in [0, 0.1) is 22.7 Å². The molecule has 1 aliphatic rings. The van der Waals surface area contributed by atoms with Crippen molar-refractivity contribution in [2.24, 2.45) is 5.73 Å². The molecule has 4 heterocycles. The largest absolute Gasteiger partial charge is 0.457 e. The summed E-state index contributed by atoms with van der Waals surface area (Å²) in [5, 5.41) is 32.9. The van der Waals surface area contributed by atoms with Crippen LogP contribution in [0.1, 0.15) is 30.3 Å². The average molecular weight is 648 g/mol. The zero-order valence-corrected chi connectivity index (χ0v) is 25.6. The maximum atomic E-state index is 13.0. The van der Waals surface area contributed by atoms with Gasteiger partial charge < -0.3 is 41.0 Å². The number of rotatable bonds is 10. The van der Waals surface area contributed by atoms with Gasteiger partial charge in [-0.25, -0.2) is 14.8 Å². The Morgan fingerprint density at radius 2 is 2.11 bits per heavy atom. The zero-order chi connectivity index (χ0) is 32.8. The summed E-state index contributed by atoms with van der Waals surface area (Å²) < 4.78 is 12.0. The normalized spacial score (nSPS) is 16.6. The van der Waals surface area contributed by atoms with Crippen molar-refractivity contribution in [1.82, 2.24) is 34.9 Å². The lowest BCUT2D eigenvalue weighted by molar-refractivity contribution is -0.152. The predicted octanol–water partition coefficient (Wildman–Crippen LogP) is 1.84. The number of hydrogen-bond donors (Lipinski definition) is 5. The van der Waals surface area contributed by atoms with E-state index in [1.54, 1.807) is 18.3 Å². The molecule has 3 aromatic heterocycles. The van der Waals surface area contributed by atoms with E-state index in [0.717, 1.165) is 0 Å². The van der Waals surface area contributed by atoms with Crippen molar-refractivity contribution >= 4 is 52.5 Å². The second kappa shape index (κ2) is 14.0. The Labute approximate surface area is 267 Å². The lowest BCUT2D eigenvalue weighted by Crippen LogP contribution is -2.56. The van der Waals surface area contributed by atoms with E-state index in [2.05, 4.69) is 47.1 Å². The highest BCUT2D eigenvalue weighted by Crippen LogP contribution is 2.37. The van der Waals surface area contributed by atoms with Gasteiger partial charge in [0.15, 0.2) is 17.2 Å². The molecule has 238 valence electrons. The lowest BCUT2D eigenvalue weighted by Gasteiger charge is -2.40. The number of nitrogens with zero attached hydrogens (tertiary/aromatic N) is 8. The van der Waals surface area contributed by atoms with Crippen LogP contribution in [-0.2, 0) is 20.7 Å². The highest BCUT2D eigenvalue weighted by molar-refractivity contribution is 6.36. The fraction of sp³-hybridized carbons (Fsp3) is 0.357. The molecule has 3 atom stereocenters. The summed E-state index contributed by atoms with van der Waals surface area (Å²) in [6, 6.07) is 5.76. The summed E-state index contributed by atoms with van der Waals surface area (Å²) in [7, 11) is 1.24. The fourth-order valence-corrected chi connectivity index (χ4v) is 5.27. The highest BCUT2D eigenvalue weighted by atomic mass is 35.5. The Balaban J connectivity index is 1.43. The van der Waals surface area contributed by atoms with E-state index in [4.69, 9.17) is 26.8 Å². The van der Waals surface area contributed by atoms with E-state index in [1.165, 1.54) is 24.1 Å². The number of aromatic nitrogens is 6. The molecule has 0 saturated carbocycles. The molecule has 1 aromatic carbocycles. The molecule has 0 radical (unpaired) electrons. The molecule has 0 spiro atoms. The van der Waals surface area contributed by atoms with Gasteiger partial charge in [-0.2, -0.15) is 20.0 Å². The monoisotopic (exact) mass is 647 g/mol. The van der Waals surface area contributed by atoms with E-state index in [1.807, 2.05) is 17.9 Å². The van der Waals surface area contributed by atoms with Gasteiger partial charge in [-0.1, -0.05) is 11.6 Å². The topological polar surface area (TPSA) is 237 Å². The van der Waals surface area contributed by atoms with Crippen LogP contribution in [0.4, 0.5) is 27.9 Å². The number of anilines is 4. The number of piperidine rings is 1. The minimum absolute atomic E-state index is 0.0972. The van der Waals surface area contributed by atoms with Crippen LogP contribution in [-0.4, -0.2) is 86.5 Å². The number of hydrogen-bond acceptors (Lipinski definition) is 14. The Morgan fingerprint density at radius 1 is 1.28 bits per heavy atom. The minimum Gasteiger partial charge on any atom is -0.457 e. The van der Waals surface area contributed by atoms with Crippen LogP contribution in [0.2, 0.25) is 5.02 Å². The lowest BCUT2D eigenvalue weighted by atomic mass is 10.00. The van der Waals surface area contributed by atoms with Crippen molar-refractivity contribution in [3.05, 3.63) is 52.8 Å². The van der Waals surface area contributed by atoms with Gasteiger partial charge in [0.05, 0.1) is 60.3 Å². The van der Waals surface area contributed by atoms with E-state index >= 15 is 0 Å². The van der Waals surface area contributed by atoms with Gasteiger partial charge >= 0.3 is 12.1 Å². The number of methoxy groups -OCH3 is 1. The van der Waals surface area contributed by atoms with Gasteiger partial charge in [0.25, 0.3) is 0 Å². The van der Waals surface area contributed by atoms with E-state index in [0.29, 0.717) is 48.0 Å². The maximum Gasteiger partial charge on any atom is 0.407 e. The van der Waals surface area contributed by atoms with Crippen LogP contribution in [0.15, 0.2) is 30.9 Å². The number of alkyl carbamates (subject to hydrolysis) is 1. The molecule has 1 fully saturated rings. The quantitative estimate of drug-likeness (QED) is 0.154. The molecular formula is C28H30ClN13O4. The van der Waals surface area contributed by atoms with Gasteiger partial charge in [0, 0.05) is 31.4 Å². The first kappa shape index (κ1) is 31.8. The van der Waals surface area contributed by atoms with Crippen LogP contribution < -0.4 is 26.6 Å². The molecular weight excluding hydrogens is 618 g/mol. The number of nitrogens with two attached hydrogens (primary N) is 1. The Hall–Kier alpha value is -5.65. The van der Waals surface area contributed by atoms with E-state index < -0.39 is 30.3 Å². The third-order valence-electron chi connectivity index (χ3n) is 7.20. The van der Waals surface area contributed by atoms with Crippen LogP contribution >= 0.6 is 11.6 Å². The summed E-state index contributed by atoms with van der Waals surface area (Å²) in [5.74, 6) is -0.178. The van der Waals surface area contributed by atoms with Crippen LogP contribution in [0.5, 0.6) is 0 Å². The maximum absolute atomic E-state index is 13.0. The molecule has 3 unspecified atom stereocenters. The summed E-state index contributed by atoms with van der Waals surface area (Å²) in [4.78, 5) is 42.5. The number of fused-ring (bicyclic) bond motifs is 1. The number of nitriles is 2. The molecule has 4 aromatic rings. The number of carbonyl (C=O) groups is 2. The molecule has 0 bridgehead atoms. The Bertz CT molecular complexity index is 1810. The SMILES string of the molecule is CCNc1nc(Nc2cc(C#N)cc(N3CCC(NC(=O)OC)C(OC(=O)C(N)Cc4cnc[nH]4)C3)c2Cl)nn2c(C#N)cnc12. The number of benzene rings is 1. The van der Waals surface area contributed by atoms with Crippen molar-refractivity contribution in [2.45, 2.75) is 38.0 Å². The smallest absolute Gasteiger partial charge is 0.407 e. The number of H-pyrrole nitrogens is 1. The standard InChI is InChI=1S/C28H30ClN13O4/c1-3-34-24-25-35-12-17(10-31)42(25)40-27(39-24)37-20-6-15(9-30)7-21(23(20)29)41-5-4-19(38-28(44)45-2)22(13-41)46-26(43)18(32)8-16-11-33-14-36-16/h6-7,11-12,14,18-19,22H,3-5,8,13,32H2,1-2H3,(H,33,36)(H,38,44)(H2,34,37,39,40). The van der Waals surface area contributed by atoms with Crippen molar-refractivity contribution < 1.29 is 19.1 Å². The van der Waals surface area contributed by atoms with Crippen molar-refractivity contribution in [2.75, 3.05) is 42.3 Å². The molecule has 1 aliphatic heterocycles. The Morgan fingerprint density at radius 3 is 2.80 bits per heavy atom. The fourth-order valence-electron chi connectivity index (χ4n) is 5.00. The number of halogens is 1. The summed E-state index contributed by atoms with van der Waals surface area (Å²) in [5.41, 5.74) is 8.42. The third kappa shape index (κ3) is 6.85. The van der Waals surface area contributed by atoms with E-state index in [-0.39, 0.29) is 35.2 Å². The number of amides is 1. The van der Waals surface area contributed by atoms with E-state index in [9.17, 15) is 20.1 Å². The minimum atomic E-state index is -0.989. The molecule has 5 rings (SSSR count). The molecule has 6 N–H and O–H groups in total. The van der Waals surface area contributed by atoms with Gasteiger partial charge in [-0.05, 0) is 25.5 Å². The molecule has 46 heavy (non-hydrogen) atoms. The highest BCUT2D eigenvalue weighted by Gasteiger charge is 2.36. The van der Waals surface area contributed by atoms with Crippen molar-refractivity contribution in [3.8, 4) is 12.1 Å². The number of nitrogens with one attached hydrogen (secondary N) is 4. The van der Waals surface area contributed by atoms with Crippen molar-refractivity contribution in [3.63, 3.8) is 0 Å². The summed E-state index contributed by atoms with van der Waals surface area (Å²) in [6.45, 7) is 2.92. The molecule has 0 aliphatic carbocycles. The van der Waals surface area contributed by atoms with Crippen LogP contribution in [0.3, 0.4) is 0 Å². The third-order valence-corrected chi connectivity index (χ3v) is 7.60. The first-order chi connectivity index (χ1) is 22.2. The predicted molar refractivity (Wildman–Crippen MR) is 165 cm³/mol. The van der Waals surface area contributed by atoms with Gasteiger partial charge in [-0.3, -0.25) is 4.79 Å². The number of ether oxygens (including phenoxy) is 2. The number of esters is 1. The van der Waals surface area contributed by atoms with Crippen molar-refractivity contribution in [1.29, 1.82) is 10.5 Å². The van der Waals surface area contributed by atoms with Crippen LogP contribution in [0.25, 0.3) is 5.65 Å².